The number of hydrogen-bond acceptors (Lipinski definition) is 2. The molecule has 2 aromatic heterocycles. The molecule has 0 unspecified atom stereocenters. The molecule has 3 heteroatoms. The Morgan fingerprint density at radius 2 is 0.587 bits per heavy atom. The Bertz CT molecular complexity index is 4200. The SMILES string of the molecule is c1ccc(-c2ccc(-c3ccc(N(c4ccc(-c5ccc(-c6ccccc6)cc5)cc4)c4ccc(-c5cccc6c5oc5c(-c7ccc8c(c7)c7ccccc7n8-c7ccccc7)cccc56)cc4)cc3)cc2)cc1. The average molecular weight is 957 g/mol. The number of para-hydroxylation sites is 4. The van der Waals surface area contributed by atoms with Gasteiger partial charge >= 0.3 is 0 Å². The van der Waals surface area contributed by atoms with E-state index in [4.69, 9.17) is 4.42 Å². The first-order chi connectivity index (χ1) is 37.2. The minimum Gasteiger partial charge on any atom is -0.455 e. The molecule has 0 aliphatic carbocycles. The van der Waals surface area contributed by atoms with Gasteiger partial charge in [-0.2, -0.15) is 0 Å². The molecular weight excluding hydrogens is 909 g/mol. The van der Waals surface area contributed by atoms with Gasteiger partial charge in [-0.05, 0) is 122 Å². The van der Waals surface area contributed by atoms with Crippen LogP contribution in [-0.2, 0) is 0 Å². The third-order valence-corrected chi connectivity index (χ3v) is 14.9. The van der Waals surface area contributed by atoms with Gasteiger partial charge < -0.3 is 13.9 Å². The number of furan rings is 1. The molecule has 3 nitrogen and oxygen atoms in total. The summed E-state index contributed by atoms with van der Waals surface area (Å²) < 4.78 is 9.41. The summed E-state index contributed by atoms with van der Waals surface area (Å²) in [6.45, 7) is 0. The monoisotopic (exact) mass is 956 g/mol. The Kier molecular flexibility index (Phi) is 10.8. The molecule has 0 bridgehead atoms. The minimum atomic E-state index is 0.881. The molecular formula is C72H48N2O. The summed E-state index contributed by atoms with van der Waals surface area (Å²) >= 11 is 0. The lowest BCUT2D eigenvalue weighted by molar-refractivity contribution is 0.671. The van der Waals surface area contributed by atoms with E-state index in [-0.39, 0.29) is 0 Å². The zero-order chi connectivity index (χ0) is 49.7. The molecule has 12 aromatic carbocycles. The van der Waals surface area contributed by atoms with Gasteiger partial charge in [0.25, 0.3) is 0 Å². The van der Waals surface area contributed by atoms with Gasteiger partial charge in [-0.3, -0.25) is 0 Å². The van der Waals surface area contributed by atoms with E-state index < -0.39 is 0 Å². The van der Waals surface area contributed by atoms with Gasteiger partial charge in [-0.25, -0.2) is 0 Å². The molecule has 0 N–H and O–H groups in total. The van der Waals surface area contributed by atoms with Crippen LogP contribution in [0.3, 0.4) is 0 Å². The van der Waals surface area contributed by atoms with Crippen LogP contribution in [0.5, 0.6) is 0 Å². The molecule has 0 saturated carbocycles. The van der Waals surface area contributed by atoms with Crippen LogP contribution in [0.25, 0.3) is 116 Å². The Morgan fingerprint density at radius 1 is 0.240 bits per heavy atom. The lowest BCUT2D eigenvalue weighted by Gasteiger charge is -2.26. The van der Waals surface area contributed by atoms with Crippen molar-refractivity contribution >= 4 is 60.8 Å². The van der Waals surface area contributed by atoms with E-state index in [2.05, 4.69) is 301 Å². The minimum absolute atomic E-state index is 0.881. The van der Waals surface area contributed by atoms with Crippen molar-refractivity contribution in [1.29, 1.82) is 0 Å². The molecule has 14 rings (SSSR count). The van der Waals surface area contributed by atoms with Crippen LogP contribution in [0, 0.1) is 0 Å². The molecule has 0 saturated heterocycles. The van der Waals surface area contributed by atoms with Crippen LogP contribution >= 0.6 is 0 Å². The van der Waals surface area contributed by atoms with Crippen LogP contribution in [0.15, 0.2) is 296 Å². The second-order valence-electron chi connectivity index (χ2n) is 19.2. The van der Waals surface area contributed by atoms with Crippen molar-refractivity contribution in [2.45, 2.75) is 0 Å². The first-order valence-corrected chi connectivity index (χ1v) is 25.6. The van der Waals surface area contributed by atoms with Gasteiger partial charge in [0.05, 0.1) is 11.0 Å². The van der Waals surface area contributed by atoms with Crippen LogP contribution in [0.4, 0.5) is 17.1 Å². The Labute approximate surface area is 436 Å². The maximum atomic E-state index is 7.05. The molecule has 0 fully saturated rings. The molecule has 0 aliphatic rings. The fourth-order valence-corrected chi connectivity index (χ4v) is 11.1. The topological polar surface area (TPSA) is 21.3 Å². The van der Waals surface area contributed by atoms with Crippen molar-refractivity contribution in [3.63, 3.8) is 0 Å². The Balaban J connectivity index is 0.814. The average Bonchev–Trinajstić information content (AvgIpc) is 4.05. The first-order valence-electron chi connectivity index (χ1n) is 25.6. The van der Waals surface area contributed by atoms with E-state index in [9.17, 15) is 0 Å². The maximum Gasteiger partial charge on any atom is 0.143 e. The van der Waals surface area contributed by atoms with Crippen LogP contribution in [0.2, 0.25) is 0 Å². The van der Waals surface area contributed by atoms with Crippen molar-refractivity contribution in [2.24, 2.45) is 0 Å². The van der Waals surface area contributed by atoms with Gasteiger partial charge in [0, 0.05) is 55.4 Å². The van der Waals surface area contributed by atoms with Gasteiger partial charge in [0.2, 0.25) is 0 Å². The third kappa shape index (κ3) is 7.95. The molecule has 75 heavy (non-hydrogen) atoms. The molecule has 0 atom stereocenters. The fraction of sp³-hybridized carbons (Fsp3) is 0. The summed E-state index contributed by atoms with van der Waals surface area (Å²) in [6.07, 6.45) is 0. The highest BCUT2D eigenvalue weighted by Crippen LogP contribution is 2.43. The van der Waals surface area contributed by atoms with Gasteiger partial charge in [-0.1, -0.05) is 224 Å². The molecule has 14 aromatic rings. The molecule has 2 heterocycles. The zero-order valence-electron chi connectivity index (χ0n) is 41.0. The maximum absolute atomic E-state index is 7.05. The zero-order valence-corrected chi connectivity index (χ0v) is 41.0. The van der Waals surface area contributed by atoms with Crippen molar-refractivity contribution in [3.8, 4) is 72.4 Å². The number of nitrogens with zero attached hydrogens (tertiary/aromatic N) is 2. The standard InChI is InChI=1S/C72H48N2O/c1-4-14-49(15-5-1)51-26-30-53(31-27-51)55-34-41-60(42-35-55)73(61-43-36-56(37-44-61)54-32-28-52(29-33-54)50-16-6-2-7-17-50)62-45-38-57(39-46-62)63-21-12-23-66-67-24-13-22-64(72(67)75-71(63)66)58-40-47-70-68(48-58)65-20-10-11-25-69(65)74(70)59-18-8-3-9-19-59/h1-48H. The molecule has 0 radical (unpaired) electrons. The predicted molar refractivity (Wildman–Crippen MR) is 315 cm³/mol. The Morgan fingerprint density at radius 3 is 1.07 bits per heavy atom. The summed E-state index contributed by atoms with van der Waals surface area (Å²) in [6, 6.07) is 105. The first kappa shape index (κ1) is 43.8. The quantitative estimate of drug-likeness (QED) is 0.136. The van der Waals surface area contributed by atoms with E-state index in [1.165, 1.54) is 66.3 Å². The lowest BCUT2D eigenvalue weighted by Crippen LogP contribution is -2.09. The second-order valence-corrected chi connectivity index (χ2v) is 19.2. The summed E-state index contributed by atoms with van der Waals surface area (Å²) in [5.74, 6) is 0. The van der Waals surface area contributed by atoms with Crippen LogP contribution < -0.4 is 4.90 Å². The smallest absolute Gasteiger partial charge is 0.143 e. The predicted octanol–water partition coefficient (Wildman–Crippen LogP) is 20.2. The summed E-state index contributed by atoms with van der Waals surface area (Å²) in [5, 5.41) is 4.64. The number of fused-ring (bicyclic) bond motifs is 6. The van der Waals surface area contributed by atoms with E-state index >= 15 is 0 Å². The third-order valence-electron chi connectivity index (χ3n) is 14.9. The molecule has 352 valence electrons. The highest BCUT2D eigenvalue weighted by molar-refractivity contribution is 6.15. The molecule has 0 aliphatic heterocycles. The second kappa shape index (κ2) is 18.6. The van der Waals surface area contributed by atoms with Gasteiger partial charge in [-0.15, -0.1) is 0 Å². The van der Waals surface area contributed by atoms with Crippen molar-refractivity contribution < 1.29 is 4.42 Å². The number of rotatable bonds is 10. The summed E-state index contributed by atoms with van der Waals surface area (Å²) in [7, 11) is 0. The van der Waals surface area contributed by atoms with E-state index in [1.807, 2.05) is 0 Å². The van der Waals surface area contributed by atoms with Crippen molar-refractivity contribution in [1.82, 2.24) is 4.57 Å². The highest BCUT2D eigenvalue weighted by atomic mass is 16.3. The van der Waals surface area contributed by atoms with E-state index in [1.54, 1.807) is 0 Å². The van der Waals surface area contributed by atoms with Crippen LogP contribution in [0.1, 0.15) is 0 Å². The number of hydrogen-bond donors (Lipinski definition) is 0. The van der Waals surface area contributed by atoms with E-state index in [0.717, 1.165) is 66.9 Å². The van der Waals surface area contributed by atoms with Crippen molar-refractivity contribution in [3.05, 3.63) is 291 Å². The summed E-state index contributed by atoms with van der Waals surface area (Å²) in [4.78, 5) is 2.34. The van der Waals surface area contributed by atoms with E-state index in [0.29, 0.717) is 0 Å². The Hall–Kier alpha value is -9.96. The lowest BCUT2D eigenvalue weighted by atomic mass is 9.98. The normalized spacial score (nSPS) is 11.5. The van der Waals surface area contributed by atoms with Gasteiger partial charge in [0.1, 0.15) is 11.2 Å². The molecule has 0 amide bonds. The fourth-order valence-electron chi connectivity index (χ4n) is 11.1. The van der Waals surface area contributed by atoms with Crippen LogP contribution in [-0.4, -0.2) is 4.57 Å². The van der Waals surface area contributed by atoms with Crippen molar-refractivity contribution in [2.75, 3.05) is 4.90 Å². The number of aromatic nitrogens is 1. The molecule has 0 spiro atoms. The highest BCUT2D eigenvalue weighted by Gasteiger charge is 2.20. The van der Waals surface area contributed by atoms with Gasteiger partial charge in [0.15, 0.2) is 0 Å². The number of anilines is 3. The number of benzene rings is 12. The summed E-state index contributed by atoms with van der Waals surface area (Å²) in [5.41, 5.74) is 22.4. The largest absolute Gasteiger partial charge is 0.455 e.